The van der Waals surface area contributed by atoms with Crippen LogP contribution in [0, 0.1) is 0 Å². The van der Waals surface area contributed by atoms with Gasteiger partial charge >= 0.3 is 0 Å². The molecular weight excluding hydrogens is 214 g/mol. The summed E-state index contributed by atoms with van der Waals surface area (Å²) >= 11 is 0. The summed E-state index contributed by atoms with van der Waals surface area (Å²) in [7, 11) is 1.72. The fourth-order valence-electron chi connectivity index (χ4n) is 2.72. The molecular formula is C13H25N3O. The number of rotatable bonds is 5. The SMILES string of the molecule is CNC(=O)C(C)N(CC1CCCCN1)C1CC1. The van der Waals surface area contributed by atoms with E-state index in [-0.39, 0.29) is 11.9 Å². The molecule has 2 unspecified atom stereocenters. The zero-order valence-electron chi connectivity index (χ0n) is 11.0. The summed E-state index contributed by atoms with van der Waals surface area (Å²) < 4.78 is 0. The number of likely N-dealkylation sites (N-methyl/N-ethyl adjacent to an activating group) is 1. The molecule has 1 aliphatic carbocycles. The first-order chi connectivity index (χ1) is 8.22. The van der Waals surface area contributed by atoms with Gasteiger partial charge in [0.15, 0.2) is 0 Å². The molecule has 1 amide bonds. The molecule has 2 N–H and O–H groups in total. The monoisotopic (exact) mass is 239 g/mol. The van der Waals surface area contributed by atoms with Crippen LogP contribution in [0.4, 0.5) is 0 Å². The molecule has 4 heteroatoms. The van der Waals surface area contributed by atoms with Gasteiger partial charge in [-0.2, -0.15) is 0 Å². The van der Waals surface area contributed by atoms with Crippen molar-refractivity contribution in [3.05, 3.63) is 0 Å². The van der Waals surface area contributed by atoms with Crippen LogP contribution in [0.25, 0.3) is 0 Å². The van der Waals surface area contributed by atoms with Crippen molar-refractivity contribution in [1.29, 1.82) is 0 Å². The Morgan fingerprint density at radius 3 is 2.71 bits per heavy atom. The fraction of sp³-hybridized carbons (Fsp3) is 0.923. The lowest BCUT2D eigenvalue weighted by atomic mass is 10.0. The molecule has 4 nitrogen and oxygen atoms in total. The van der Waals surface area contributed by atoms with Gasteiger partial charge in [0.2, 0.25) is 5.91 Å². The second-order valence-electron chi connectivity index (χ2n) is 5.37. The summed E-state index contributed by atoms with van der Waals surface area (Å²) in [5.74, 6) is 0.146. The second-order valence-corrected chi connectivity index (χ2v) is 5.37. The highest BCUT2D eigenvalue weighted by Crippen LogP contribution is 2.29. The van der Waals surface area contributed by atoms with Gasteiger partial charge in [-0.05, 0) is 39.2 Å². The summed E-state index contributed by atoms with van der Waals surface area (Å²) in [6.07, 6.45) is 6.39. The van der Waals surface area contributed by atoms with Crippen molar-refractivity contribution in [3.63, 3.8) is 0 Å². The molecule has 2 atom stereocenters. The summed E-state index contributed by atoms with van der Waals surface area (Å²) in [4.78, 5) is 14.1. The second kappa shape index (κ2) is 5.83. The minimum atomic E-state index is 0.0104. The average molecular weight is 239 g/mol. The van der Waals surface area contributed by atoms with Crippen LogP contribution in [0.2, 0.25) is 0 Å². The minimum absolute atomic E-state index is 0.0104. The van der Waals surface area contributed by atoms with Gasteiger partial charge in [0.25, 0.3) is 0 Å². The van der Waals surface area contributed by atoms with E-state index in [1.807, 2.05) is 6.92 Å². The Labute approximate surface area is 104 Å². The van der Waals surface area contributed by atoms with Gasteiger partial charge in [-0.1, -0.05) is 6.42 Å². The highest BCUT2D eigenvalue weighted by atomic mass is 16.2. The van der Waals surface area contributed by atoms with E-state index in [1.54, 1.807) is 7.05 Å². The molecule has 0 aromatic heterocycles. The van der Waals surface area contributed by atoms with Crippen molar-refractivity contribution in [2.45, 2.75) is 57.2 Å². The lowest BCUT2D eigenvalue weighted by Crippen LogP contribution is -2.51. The number of amides is 1. The van der Waals surface area contributed by atoms with Gasteiger partial charge in [-0.3, -0.25) is 9.69 Å². The number of hydrogen-bond acceptors (Lipinski definition) is 3. The van der Waals surface area contributed by atoms with Gasteiger partial charge < -0.3 is 10.6 Å². The molecule has 0 radical (unpaired) electrons. The van der Waals surface area contributed by atoms with Crippen LogP contribution in [-0.4, -0.2) is 49.1 Å². The zero-order chi connectivity index (χ0) is 12.3. The summed E-state index contributed by atoms with van der Waals surface area (Å²) in [5, 5.41) is 6.33. The molecule has 0 spiro atoms. The van der Waals surface area contributed by atoms with Crippen LogP contribution in [0.1, 0.15) is 39.0 Å². The average Bonchev–Trinajstić information content (AvgIpc) is 3.19. The highest BCUT2D eigenvalue weighted by Gasteiger charge is 2.36. The predicted molar refractivity (Wildman–Crippen MR) is 68.9 cm³/mol. The Hall–Kier alpha value is -0.610. The first kappa shape index (κ1) is 12.8. The molecule has 1 heterocycles. The maximum Gasteiger partial charge on any atom is 0.236 e. The van der Waals surface area contributed by atoms with Crippen LogP contribution in [0.5, 0.6) is 0 Å². The van der Waals surface area contributed by atoms with Gasteiger partial charge in [-0.15, -0.1) is 0 Å². The van der Waals surface area contributed by atoms with E-state index in [9.17, 15) is 4.79 Å². The third-order valence-electron chi connectivity index (χ3n) is 3.98. The smallest absolute Gasteiger partial charge is 0.236 e. The van der Waals surface area contributed by atoms with E-state index >= 15 is 0 Å². The van der Waals surface area contributed by atoms with Crippen LogP contribution in [0.3, 0.4) is 0 Å². The standard InChI is InChI=1S/C13H25N3O/c1-10(13(17)14-2)16(12-6-7-12)9-11-5-3-4-8-15-11/h10-12,15H,3-9H2,1-2H3,(H,14,17). The van der Waals surface area contributed by atoms with Crippen molar-refractivity contribution in [1.82, 2.24) is 15.5 Å². The first-order valence-electron chi connectivity index (χ1n) is 6.93. The van der Waals surface area contributed by atoms with Crippen LogP contribution in [0.15, 0.2) is 0 Å². The number of piperidine rings is 1. The number of carbonyl (C=O) groups excluding carboxylic acids is 1. The van der Waals surface area contributed by atoms with Crippen LogP contribution in [-0.2, 0) is 4.79 Å². The van der Waals surface area contributed by atoms with Gasteiger partial charge in [0, 0.05) is 25.7 Å². The van der Waals surface area contributed by atoms with E-state index in [0.29, 0.717) is 12.1 Å². The normalized spacial score (nSPS) is 26.9. The van der Waals surface area contributed by atoms with Gasteiger partial charge in [-0.25, -0.2) is 0 Å². The third kappa shape index (κ3) is 3.42. The molecule has 17 heavy (non-hydrogen) atoms. The quantitative estimate of drug-likeness (QED) is 0.743. The van der Waals surface area contributed by atoms with Crippen LogP contribution >= 0.6 is 0 Å². The van der Waals surface area contributed by atoms with Gasteiger partial charge in [0.1, 0.15) is 0 Å². The maximum absolute atomic E-state index is 11.8. The number of nitrogens with one attached hydrogen (secondary N) is 2. The molecule has 0 aromatic carbocycles. The lowest BCUT2D eigenvalue weighted by molar-refractivity contribution is -0.125. The Kier molecular flexibility index (Phi) is 4.40. The van der Waals surface area contributed by atoms with E-state index in [2.05, 4.69) is 15.5 Å². The summed E-state index contributed by atoms with van der Waals surface area (Å²) in [6, 6.07) is 1.23. The van der Waals surface area contributed by atoms with Crippen molar-refractivity contribution >= 4 is 5.91 Å². The van der Waals surface area contributed by atoms with Crippen molar-refractivity contribution in [2.75, 3.05) is 20.1 Å². The third-order valence-corrected chi connectivity index (χ3v) is 3.98. The zero-order valence-corrected chi connectivity index (χ0v) is 11.0. The lowest BCUT2D eigenvalue weighted by Gasteiger charge is -2.33. The molecule has 0 aromatic rings. The minimum Gasteiger partial charge on any atom is -0.358 e. The number of hydrogen-bond donors (Lipinski definition) is 2. The largest absolute Gasteiger partial charge is 0.358 e. The molecule has 2 aliphatic rings. The van der Waals surface area contributed by atoms with Crippen molar-refractivity contribution in [2.24, 2.45) is 0 Å². The Balaban J connectivity index is 1.89. The van der Waals surface area contributed by atoms with E-state index < -0.39 is 0 Å². The molecule has 1 aliphatic heterocycles. The maximum atomic E-state index is 11.8. The van der Waals surface area contributed by atoms with Crippen LogP contribution < -0.4 is 10.6 Å². The molecule has 1 saturated heterocycles. The summed E-state index contributed by atoms with van der Waals surface area (Å²) in [6.45, 7) is 4.19. The molecule has 2 fully saturated rings. The molecule has 1 saturated carbocycles. The first-order valence-corrected chi connectivity index (χ1v) is 6.93. The summed E-state index contributed by atoms with van der Waals surface area (Å²) in [5.41, 5.74) is 0. The molecule has 0 bridgehead atoms. The number of carbonyl (C=O) groups is 1. The molecule has 98 valence electrons. The number of nitrogens with zero attached hydrogens (tertiary/aromatic N) is 1. The highest BCUT2D eigenvalue weighted by molar-refractivity contribution is 5.81. The van der Waals surface area contributed by atoms with Gasteiger partial charge in [0.05, 0.1) is 6.04 Å². The van der Waals surface area contributed by atoms with Crippen molar-refractivity contribution < 1.29 is 4.79 Å². The predicted octanol–water partition coefficient (Wildman–Crippen LogP) is 0.727. The topological polar surface area (TPSA) is 44.4 Å². The fourth-order valence-corrected chi connectivity index (χ4v) is 2.72. The van der Waals surface area contributed by atoms with E-state index in [1.165, 1.54) is 32.1 Å². The van der Waals surface area contributed by atoms with Crippen molar-refractivity contribution in [3.8, 4) is 0 Å². The molecule has 2 rings (SSSR count). The Morgan fingerprint density at radius 1 is 1.41 bits per heavy atom. The van der Waals surface area contributed by atoms with E-state index in [4.69, 9.17) is 0 Å². The Bertz CT molecular complexity index is 259. The van der Waals surface area contributed by atoms with E-state index in [0.717, 1.165) is 13.1 Å². The Morgan fingerprint density at radius 2 is 2.18 bits per heavy atom.